The van der Waals surface area contributed by atoms with Crippen LogP contribution in [0.4, 0.5) is 8.78 Å². The second-order valence-corrected chi connectivity index (χ2v) is 9.37. The minimum absolute atomic E-state index is 0.0449. The fourth-order valence-electron chi connectivity index (χ4n) is 4.70. The van der Waals surface area contributed by atoms with Crippen molar-refractivity contribution in [2.45, 2.75) is 52.1 Å². The van der Waals surface area contributed by atoms with Crippen LogP contribution in [0.3, 0.4) is 0 Å². The fraction of sp³-hybridized carbons (Fsp3) is 0.333. The van der Waals surface area contributed by atoms with Crippen molar-refractivity contribution >= 4 is 16.7 Å². The van der Waals surface area contributed by atoms with E-state index in [1.54, 1.807) is 31.5 Å². The third-order valence-corrected chi connectivity index (χ3v) is 6.57. The van der Waals surface area contributed by atoms with Gasteiger partial charge in [0.2, 0.25) is 5.91 Å². The van der Waals surface area contributed by atoms with Crippen molar-refractivity contribution in [2.24, 2.45) is 0 Å². The molecule has 1 unspecified atom stereocenters. The number of rotatable bonds is 6. The van der Waals surface area contributed by atoms with Gasteiger partial charge in [0.25, 0.3) is 5.56 Å². The average Bonchev–Trinajstić information content (AvgIpc) is 3.10. The molecular formula is C27H26F2N4O4. The predicted octanol–water partition coefficient (Wildman–Crippen LogP) is 4.07. The van der Waals surface area contributed by atoms with Crippen LogP contribution in [0.15, 0.2) is 71.1 Å². The molecule has 2 aliphatic rings. The van der Waals surface area contributed by atoms with E-state index in [1.165, 1.54) is 22.6 Å². The van der Waals surface area contributed by atoms with Gasteiger partial charge in [0, 0.05) is 48.9 Å². The summed E-state index contributed by atoms with van der Waals surface area (Å²) in [6.07, 6.45) is 3.27. The van der Waals surface area contributed by atoms with Crippen molar-refractivity contribution in [2.75, 3.05) is 6.54 Å². The van der Waals surface area contributed by atoms with Crippen molar-refractivity contribution in [1.82, 2.24) is 19.7 Å². The molecule has 0 saturated carbocycles. The third kappa shape index (κ3) is 4.76. The van der Waals surface area contributed by atoms with Gasteiger partial charge in [-0.3, -0.25) is 19.3 Å². The first-order chi connectivity index (χ1) is 17.6. The van der Waals surface area contributed by atoms with Gasteiger partial charge in [0.05, 0.1) is 11.1 Å². The Morgan fingerprint density at radius 2 is 2.05 bits per heavy atom. The molecule has 0 N–H and O–H groups in total. The van der Waals surface area contributed by atoms with Crippen molar-refractivity contribution in [3.05, 3.63) is 93.5 Å². The predicted molar refractivity (Wildman–Crippen MR) is 131 cm³/mol. The van der Waals surface area contributed by atoms with E-state index in [2.05, 4.69) is 14.8 Å². The number of ether oxygens (including phenoxy) is 2. The summed E-state index contributed by atoms with van der Waals surface area (Å²) in [5, 5.41) is 5.75. The first-order valence-corrected chi connectivity index (χ1v) is 12.0. The lowest BCUT2D eigenvalue weighted by Crippen LogP contribution is -2.38. The van der Waals surface area contributed by atoms with Crippen LogP contribution in [0.1, 0.15) is 37.1 Å². The molecule has 1 aliphatic heterocycles. The number of carbonyl (C=O) groups excluding carboxylic acids is 1. The molecule has 1 fully saturated rings. The second-order valence-electron chi connectivity index (χ2n) is 9.37. The van der Waals surface area contributed by atoms with Crippen LogP contribution in [0.25, 0.3) is 10.8 Å². The summed E-state index contributed by atoms with van der Waals surface area (Å²) in [6.45, 7) is 5.10. The molecule has 37 heavy (non-hydrogen) atoms. The number of benzene rings is 1. The van der Waals surface area contributed by atoms with Crippen molar-refractivity contribution < 1.29 is 23.0 Å². The summed E-state index contributed by atoms with van der Waals surface area (Å²) >= 11 is 0. The van der Waals surface area contributed by atoms with Crippen LogP contribution in [0.5, 0.6) is 0 Å². The number of amides is 1. The topological polar surface area (TPSA) is 86.6 Å². The highest BCUT2D eigenvalue weighted by molar-refractivity contribution is 5.85. The largest absolute Gasteiger partial charge is 0.536 e. The summed E-state index contributed by atoms with van der Waals surface area (Å²) in [5.74, 6) is -0.453. The Morgan fingerprint density at radius 1 is 1.24 bits per heavy atom. The van der Waals surface area contributed by atoms with Gasteiger partial charge in [-0.25, -0.2) is 4.68 Å². The van der Waals surface area contributed by atoms with E-state index in [9.17, 15) is 18.4 Å². The Morgan fingerprint density at radius 3 is 2.78 bits per heavy atom. The maximum atomic E-state index is 13.7. The number of hydrogen-bond acceptors (Lipinski definition) is 6. The Balaban J connectivity index is 1.47. The highest BCUT2D eigenvalue weighted by Gasteiger charge is 2.55. The van der Waals surface area contributed by atoms with E-state index >= 15 is 0 Å². The maximum Gasteiger partial charge on any atom is 0.536 e. The molecule has 3 aromatic rings. The number of carbonyl (C=O) groups is 1. The minimum Gasteiger partial charge on any atom is -0.411 e. The molecule has 0 radical (unpaired) electrons. The van der Waals surface area contributed by atoms with Crippen molar-refractivity contribution in [3.8, 4) is 0 Å². The molecule has 8 nitrogen and oxygen atoms in total. The molecule has 3 heterocycles. The zero-order valence-corrected chi connectivity index (χ0v) is 20.7. The van der Waals surface area contributed by atoms with E-state index in [-0.39, 0.29) is 30.8 Å². The molecule has 192 valence electrons. The van der Waals surface area contributed by atoms with Crippen LogP contribution < -0.4 is 5.56 Å². The fourth-order valence-corrected chi connectivity index (χ4v) is 4.70. The molecule has 1 aliphatic carbocycles. The third-order valence-electron chi connectivity index (χ3n) is 6.57. The Bertz CT molecular complexity index is 1500. The van der Waals surface area contributed by atoms with Crippen LogP contribution in [-0.4, -0.2) is 44.0 Å². The number of nitrogens with zero attached hydrogens (tertiary/aromatic N) is 4. The number of hydrogen-bond donors (Lipinski definition) is 0. The molecule has 1 atom stereocenters. The van der Waals surface area contributed by atoms with Gasteiger partial charge in [0.15, 0.2) is 0 Å². The smallest absolute Gasteiger partial charge is 0.411 e. The Kier molecular flexibility index (Phi) is 6.15. The van der Waals surface area contributed by atoms with Gasteiger partial charge in [-0.15, -0.1) is 8.78 Å². The number of aryl methyl sites for hydroxylation is 1. The minimum atomic E-state index is -3.73. The highest BCUT2D eigenvalue weighted by atomic mass is 19.3. The van der Waals surface area contributed by atoms with Crippen molar-refractivity contribution in [3.63, 3.8) is 0 Å². The van der Waals surface area contributed by atoms with E-state index in [0.29, 0.717) is 28.6 Å². The van der Waals surface area contributed by atoms with Gasteiger partial charge in [-0.1, -0.05) is 29.8 Å². The normalized spacial score (nSPS) is 20.1. The lowest BCUT2D eigenvalue weighted by atomic mass is 9.93. The monoisotopic (exact) mass is 508 g/mol. The molecule has 1 saturated heterocycles. The lowest BCUT2D eigenvalue weighted by molar-refractivity contribution is -0.351. The molecule has 1 amide bonds. The molecule has 10 heteroatoms. The number of allylic oxidation sites excluding steroid dienone is 1. The number of pyridine rings is 1. The Labute approximate surface area is 211 Å². The second kappa shape index (κ2) is 9.19. The van der Waals surface area contributed by atoms with Crippen molar-refractivity contribution in [1.29, 1.82) is 0 Å². The first kappa shape index (κ1) is 24.8. The standard InChI is InChI=1S/C27H26F2N4O4/c1-4-32(19-9-10-26(3)23(14-19)36-27(28,29)37-26)24(34)16-33-25(35)21-12-17(2)7-8-20(21)22(31-33)13-18-6-5-11-30-15-18/h5-9,11-12,14-15H,4,10,13,16H2,1-3H3. The molecule has 0 spiro atoms. The lowest BCUT2D eigenvalue weighted by Gasteiger charge is -2.29. The van der Waals surface area contributed by atoms with Crippen LogP contribution in [-0.2, 0) is 27.2 Å². The quantitative estimate of drug-likeness (QED) is 0.499. The SMILES string of the molecule is CCN(C(=O)Cn1nc(Cc2cccnc2)c2ccc(C)cc2c1=O)C1=CCC2(C)OC(F)(F)OC2=C1. The number of aromatic nitrogens is 3. The van der Waals surface area contributed by atoms with E-state index < -0.39 is 17.8 Å². The van der Waals surface area contributed by atoms with E-state index in [4.69, 9.17) is 4.74 Å². The van der Waals surface area contributed by atoms with Gasteiger partial charge in [-0.05, 0) is 38.5 Å². The zero-order valence-electron chi connectivity index (χ0n) is 20.7. The first-order valence-electron chi connectivity index (χ1n) is 12.0. The van der Waals surface area contributed by atoms with E-state index in [0.717, 1.165) is 11.1 Å². The van der Waals surface area contributed by atoms with Gasteiger partial charge < -0.3 is 9.64 Å². The van der Waals surface area contributed by atoms with E-state index in [1.807, 2.05) is 31.2 Å². The molecule has 1 aromatic carbocycles. The van der Waals surface area contributed by atoms with Gasteiger partial charge in [-0.2, -0.15) is 5.10 Å². The van der Waals surface area contributed by atoms with Gasteiger partial charge in [0.1, 0.15) is 17.9 Å². The summed E-state index contributed by atoms with van der Waals surface area (Å²) < 4.78 is 38.0. The molecule has 2 aromatic heterocycles. The summed E-state index contributed by atoms with van der Waals surface area (Å²) in [4.78, 5) is 32.3. The molecule has 0 bridgehead atoms. The molecule has 5 rings (SSSR count). The number of alkyl halides is 2. The maximum absolute atomic E-state index is 13.7. The Hall–Kier alpha value is -3.92. The average molecular weight is 509 g/mol. The number of fused-ring (bicyclic) bond motifs is 2. The zero-order chi connectivity index (χ0) is 26.4. The summed E-state index contributed by atoms with van der Waals surface area (Å²) in [6, 6.07) is 9.32. The highest BCUT2D eigenvalue weighted by Crippen LogP contribution is 2.46. The van der Waals surface area contributed by atoms with Crippen LogP contribution in [0, 0.1) is 6.92 Å². The number of likely N-dealkylation sites (N-methyl/N-ethyl adjacent to an activating group) is 1. The summed E-state index contributed by atoms with van der Waals surface area (Å²) in [7, 11) is 0. The van der Waals surface area contributed by atoms with Crippen LogP contribution >= 0.6 is 0 Å². The molecular weight excluding hydrogens is 482 g/mol. The van der Waals surface area contributed by atoms with Gasteiger partial charge >= 0.3 is 6.29 Å². The summed E-state index contributed by atoms with van der Waals surface area (Å²) in [5.41, 5.74) is 1.20. The van der Waals surface area contributed by atoms with Crippen LogP contribution in [0.2, 0.25) is 0 Å². The number of halogens is 2.